The van der Waals surface area contributed by atoms with Gasteiger partial charge in [0.05, 0.1) is 11.3 Å². The fourth-order valence-corrected chi connectivity index (χ4v) is 1.91. The Hall–Kier alpha value is -1.50. The van der Waals surface area contributed by atoms with Crippen molar-refractivity contribution in [2.24, 2.45) is 5.73 Å². The summed E-state index contributed by atoms with van der Waals surface area (Å²) in [5.74, 6) is 0. The van der Waals surface area contributed by atoms with Crippen molar-refractivity contribution >= 4 is 28.7 Å². The molecule has 1 aromatic rings. The van der Waals surface area contributed by atoms with Crippen molar-refractivity contribution in [1.29, 1.82) is 0 Å². The Kier molecular flexibility index (Phi) is 4.99. The van der Waals surface area contributed by atoms with Crippen LogP contribution in [0.4, 0.5) is 24.5 Å². The molecule has 0 aliphatic heterocycles. The van der Waals surface area contributed by atoms with E-state index < -0.39 is 11.7 Å². The molecule has 19 heavy (non-hydrogen) atoms. The molecule has 0 spiro atoms. The molecular weight excluding hydrogens is 275 g/mol. The van der Waals surface area contributed by atoms with Gasteiger partial charge in [-0.3, -0.25) is 0 Å². The standard InChI is InChI=1S/C12H16F3N3S/c1-3-18(4-2)8-5-6-9(12(13,14)15)10(7-8)17-11(16)19/h5-7H,3-4H2,1-2H3,(H3,16,17,19). The lowest BCUT2D eigenvalue weighted by atomic mass is 10.1. The summed E-state index contributed by atoms with van der Waals surface area (Å²) in [6, 6.07) is 3.89. The van der Waals surface area contributed by atoms with Crippen LogP contribution in [0, 0.1) is 0 Å². The lowest BCUT2D eigenvalue weighted by Gasteiger charge is -2.23. The molecule has 0 fully saturated rings. The van der Waals surface area contributed by atoms with Crippen LogP contribution in [0.15, 0.2) is 18.2 Å². The molecule has 1 aromatic carbocycles. The molecule has 0 aliphatic rings. The van der Waals surface area contributed by atoms with Crippen LogP contribution in [0.2, 0.25) is 0 Å². The minimum absolute atomic E-state index is 0.121. The van der Waals surface area contributed by atoms with Crippen molar-refractivity contribution in [3.63, 3.8) is 0 Å². The number of nitrogens with two attached hydrogens (primary N) is 1. The van der Waals surface area contributed by atoms with Gasteiger partial charge in [-0.1, -0.05) is 0 Å². The number of rotatable bonds is 4. The van der Waals surface area contributed by atoms with Crippen molar-refractivity contribution in [1.82, 2.24) is 0 Å². The predicted molar refractivity (Wildman–Crippen MR) is 75.4 cm³/mol. The minimum atomic E-state index is -4.45. The summed E-state index contributed by atoms with van der Waals surface area (Å²) in [5.41, 5.74) is 5.06. The van der Waals surface area contributed by atoms with E-state index in [1.165, 1.54) is 12.1 Å². The Labute approximate surface area is 115 Å². The highest BCUT2D eigenvalue weighted by atomic mass is 32.1. The topological polar surface area (TPSA) is 41.3 Å². The van der Waals surface area contributed by atoms with E-state index >= 15 is 0 Å². The van der Waals surface area contributed by atoms with Crippen molar-refractivity contribution in [3.05, 3.63) is 23.8 Å². The van der Waals surface area contributed by atoms with E-state index in [1.807, 2.05) is 18.7 Å². The van der Waals surface area contributed by atoms with E-state index in [0.29, 0.717) is 18.8 Å². The molecule has 3 N–H and O–H groups in total. The molecule has 0 bridgehead atoms. The van der Waals surface area contributed by atoms with Crippen LogP contribution in [0.3, 0.4) is 0 Å². The summed E-state index contributed by atoms with van der Waals surface area (Å²) in [7, 11) is 0. The number of anilines is 2. The summed E-state index contributed by atoms with van der Waals surface area (Å²) in [5, 5.41) is 2.19. The molecule has 0 radical (unpaired) electrons. The zero-order valence-electron chi connectivity index (χ0n) is 10.7. The molecular formula is C12H16F3N3S. The van der Waals surface area contributed by atoms with E-state index in [2.05, 4.69) is 17.5 Å². The van der Waals surface area contributed by atoms with Gasteiger partial charge in [-0.15, -0.1) is 0 Å². The highest BCUT2D eigenvalue weighted by Crippen LogP contribution is 2.36. The zero-order chi connectivity index (χ0) is 14.6. The van der Waals surface area contributed by atoms with Gasteiger partial charge in [-0.25, -0.2) is 0 Å². The van der Waals surface area contributed by atoms with Gasteiger partial charge < -0.3 is 16.0 Å². The maximum Gasteiger partial charge on any atom is 0.418 e. The van der Waals surface area contributed by atoms with Gasteiger partial charge in [-0.05, 0) is 44.3 Å². The summed E-state index contributed by atoms with van der Waals surface area (Å²) in [4.78, 5) is 1.94. The number of thiocarbonyl (C=S) groups is 1. The highest BCUT2D eigenvalue weighted by Gasteiger charge is 2.33. The minimum Gasteiger partial charge on any atom is -0.376 e. The third-order valence-corrected chi connectivity index (χ3v) is 2.80. The number of hydrogen-bond donors (Lipinski definition) is 2. The smallest absolute Gasteiger partial charge is 0.376 e. The Morgan fingerprint density at radius 3 is 2.32 bits per heavy atom. The van der Waals surface area contributed by atoms with E-state index in [1.54, 1.807) is 0 Å². The summed E-state index contributed by atoms with van der Waals surface area (Å²) < 4.78 is 38.6. The second-order valence-electron chi connectivity index (χ2n) is 3.89. The fourth-order valence-electron chi connectivity index (χ4n) is 1.80. The van der Waals surface area contributed by atoms with Crippen molar-refractivity contribution in [3.8, 4) is 0 Å². The number of nitrogens with zero attached hydrogens (tertiary/aromatic N) is 1. The van der Waals surface area contributed by atoms with Gasteiger partial charge >= 0.3 is 6.18 Å². The van der Waals surface area contributed by atoms with Crippen LogP contribution in [-0.4, -0.2) is 18.2 Å². The Bertz CT molecular complexity index is 456. The number of halogens is 3. The quantitative estimate of drug-likeness (QED) is 0.836. The van der Waals surface area contributed by atoms with Crippen LogP contribution in [-0.2, 0) is 6.18 Å². The average molecular weight is 291 g/mol. The first kappa shape index (κ1) is 15.6. The average Bonchev–Trinajstić information content (AvgIpc) is 2.28. The second kappa shape index (κ2) is 6.10. The summed E-state index contributed by atoms with van der Waals surface area (Å²) in [6.07, 6.45) is -4.45. The first-order valence-corrected chi connectivity index (χ1v) is 6.23. The first-order chi connectivity index (χ1) is 8.79. The number of nitrogens with one attached hydrogen (secondary N) is 1. The predicted octanol–water partition coefficient (Wildman–Crippen LogP) is 3.21. The number of benzene rings is 1. The van der Waals surface area contributed by atoms with Gasteiger partial charge in [-0.2, -0.15) is 13.2 Å². The molecule has 0 atom stereocenters. The fraction of sp³-hybridized carbons (Fsp3) is 0.417. The molecule has 0 aliphatic carbocycles. The van der Waals surface area contributed by atoms with Crippen LogP contribution >= 0.6 is 12.2 Å². The molecule has 0 saturated carbocycles. The number of alkyl halides is 3. The van der Waals surface area contributed by atoms with Crippen molar-refractivity contribution < 1.29 is 13.2 Å². The maximum atomic E-state index is 12.9. The summed E-state index contributed by atoms with van der Waals surface area (Å²) >= 11 is 4.61. The number of hydrogen-bond acceptors (Lipinski definition) is 2. The maximum absolute atomic E-state index is 12.9. The molecule has 106 valence electrons. The van der Waals surface area contributed by atoms with Gasteiger partial charge in [0.1, 0.15) is 0 Å². The van der Waals surface area contributed by atoms with E-state index in [4.69, 9.17) is 5.73 Å². The molecule has 0 heterocycles. The normalized spacial score (nSPS) is 11.2. The third-order valence-electron chi connectivity index (χ3n) is 2.70. The third kappa shape index (κ3) is 3.99. The van der Waals surface area contributed by atoms with E-state index in [-0.39, 0.29) is 10.8 Å². The van der Waals surface area contributed by atoms with E-state index in [9.17, 15) is 13.2 Å². The van der Waals surface area contributed by atoms with E-state index in [0.717, 1.165) is 6.07 Å². The molecule has 0 saturated heterocycles. The monoisotopic (exact) mass is 291 g/mol. The molecule has 0 amide bonds. The summed E-state index contributed by atoms with van der Waals surface area (Å²) in [6.45, 7) is 5.27. The van der Waals surface area contributed by atoms with Crippen LogP contribution in [0.1, 0.15) is 19.4 Å². The molecule has 3 nitrogen and oxygen atoms in total. The second-order valence-corrected chi connectivity index (χ2v) is 4.33. The lowest BCUT2D eigenvalue weighted by molar-refractivity contribution is -0.136. The van der Waals surface area contributed by atoms with Crippen LogP contribution in [0.5, 0.6) is 0 Å². The van der Waals surface area contributed by atoms with Crippen LogP contribution in [0.25, 0.3) is 0 Å². The molecule has 1 rings (SSSR count). The lowest BCUT2D eigenvalue weighted by Crippen LogP contribution is -2.24. The van der Waals surface area contributed by atoms with Crippen LogP contribution < -0.4 is 16.0 Å². The van der Waals surface area contributed by atoms with Crippen molar-refractivity contribution in [2.45, 2.75) is 20.0 Å². The molecule has 7 heteroatoms. The molecule has 0 aromatic heterocycles. The first-order valence-electron chi connectivity index (χ1n) is 5.82. The van der Waals surface area contributed by atoms with Gasteiger partial charge in [0.25, 0.3) is 0 Å². The highest BCUT2D eigenvalue weighted by molar-refractivity contribution is 7.80. The van der Waals surface area contributed by atoms with Gasteiger partial charge in [0.2, 0.25) is 0 Å². The van der Waals surface area contributed by atoms with Gasteiger partial charge in [0.15, 0.2) is 5.11 Å². The zero-order valence-corrected chi connectivity index (χ0v) is 11.5. The Morgan fingerprint density at radius 1 is 1.32 bits per heavy atom. The SMILES string of the molecule is CCN(CC)c1ccc(C(F)(F)F)c(NC(N)=S)c1. The van der Waals surface area contributed by atoms with Gasteiger partial charge in [0, 0.05) is 18.8 Å². The Morgan fingerprint density at radius 2 is 1.89 bits per heavy atom. The Balaban J connectivity index is 3.26. The largest absolute Gasteiger partial charge is 0.418 e. The molecule has 0 unspecified atom stereocenters. The van der Waals surface area contributed by atoms with Crippen molar-refractivity contribution in [2.75, 3.05) is 23.3 Å².